The van der Waals surface area contributed by atoms with Gasteiger partial charge in [0.15, 0.2) is 5.78 Å². The molecule has 0 saturated carbocycles. The predicted octanol–water partition coefficient (Wildman–Crippen LogP) is 3.65. The van der Waals surface area contributed by atoms with Gasteiger partial charge < -0.3 is 24.8 Å². The Bertz CT molecular complexity index is 994. The van der Waals surface area contributed by atoms with Gasteiger partial charge in [-0.25, -0.2) is 0 Å². The maximum Gasteiger partial charge on any atom is 0.308 e. The van der Waals surface area contributed by atoms with Crippen molar-refractivity contribution < 1.29 is 34.4 Å². The van der Waals surface area contributed by atoms with Crippen molar-refractivity contribution in [1.29, 1.82) is 0 Å². The van der Waals surface area contributed by atoms with Crippen molar-refractivity contribution in [3.8, 4) is 28.7 Å². The summed E-state index contributed by atoms with van der Waals surface area (Å²) in [5.74, 6) is -0.0400. The van der Waals surface area contributed by atoms with Gasteiger partial charge in [0.05, 0.1) is 18.2 Å². The van der Waals surface area contributed by atoms with Crippen LogP contribution in [0, 0.1) is 0 Å². The summed E-state index contributed by atoms with van der Waals surface area (Å²) >= 11 is 0. The van der Waals surface area contributed by atoms with E-state index < -0.39 is 5.78 Å². The molecule has 3 aromatic rings. The van der Waals surface area contributed by atoms with Crippen molar-refractivity contribution in [1.82, 2.24) is 0 Å². The predicted molar refractivity (Wildman–Crippen MR) is 106 cm³/mol. The average molecular weight is 396 g/mol. The molecule has 0 bridgehead atoms. The Kier molecular flexibility index (Phi) is 7.20. The number of phenols is 3. The van der Waals surface area contributed by atoms with Gasteiger partial charge in [-0.05, 0) is 48.5 Å². The molecule has 0 aliphatic carbocycles. The largest absolute Gasteiger partial charge is 0.508 e. The van der Waals surface area contributed by atoms with Gasteiger partial charge in [0.1, 0.15) is 28.7 Å². The molecule has 3 aromatic carbocycles. The fraction of sp³-hybridized carbons (Fsp3) is 0.0909. The van der Waals surface area contributed by atoms with Gasteiger partial charge >= 0.3 is 5.97 Å². The molecular formula is C22H20O7. The van der Waals surface area contributed by atoms with Crippen molar-refractivity contribution in [2.45, 2.75) is 6.92 Å². The first-order chi connectivity index (χ1) is 13.8. The molecule has 0 aromatic heterocycles. The highest BCUT2D eigenvalue weighted by Crippen LogP contribution is 2.28. The monoisotopic (exact) mass is 396 g/mol. The third-order valence-electron chi connectivity index (χ3n) is 3.70. The molecule has 3 N–H and O–H groups in total. The number of carbonyl (C=O) groups excluding carboxylic acids is 2. The second kappa shape index (κ2) is 9.80. The van der Waals surface area contributed by atoms with Crippen LogP contribution in [-0.4, -0.2) is 34.2 Å². The number of hydrogen-bond donors (Lipinski definition) is 3. The Labute approximate surface area is 167 Å². The Morgan fingerprint density at radius 3 is 1.90 bits per heavy atom. The first-order valence-corrected chi connectivity index (χ1v) is 8.49. The Morgan fingerprint density at radius 1 is 0.759 bits per heavy atom. The highest BCUT2D eigenvalue weighted by Gasteiger charge is 2.16. The van der Waals surface area contributed by atoms with E-state index in [2.05, 4.69) is 0 Å². The number of ether oxygens (including phenoxy) is 2. The molecule has 0 aliphatic rings. The molecule has 0 saturated heterocycles. The third kappa shape index (κ3) is 6.00. The molecule has 0 aliphatic heterocycles. The van der Waals surface area contributed by atoms with Crippen LogP contribution in [0.15, 0.2) is 66.7 Å². The molecule has 3 rings (SSSR count). The maximum atomic E-state index is 12.1. The quantitative estimate of drug-likeness (QED) is 0.350. The third-order valence-corrected chi connectivity index (χ3v) is 3.70. The van der Waals surface area contributed by atoms with Crippen molar-refractivity contribution in [2.24, 2.45) is 0 Å². The lowest BCUT2D eigenvalue weighted by atomic mass is 10.0. The van der Waals surface area contributed by atoms with E-state index in [1.807, 2.05) is 0 Å². The molecule has 0 amide bonds. The van der Waals surface area contributed by atoms with Gasteiger partial charge in [-0.1, -0.05) is 12.1 Å². The Morgan fingerprint density at radius 2 is 1.34 bits per heavy atom. The molecule has 0 atom stereocenters. The van der Waals surface area contributed by atoms with Crippen LogP contribution in [0.5, 0.6) is 28.7 Å². The van der Waals surface area contributed by atoms with Crippen LogP contribution < -0.4 is 9.47 Å². The van der Waals surface area contributed by atoms with E-state index in [0.29, 0.717) is 11.5 Å². The zero-order valence-corrected chi connectivity index (χ0v) is 15.8. The summed E-state index contributed by atoms with van der Waals surface area (Å²) in [5, 5.41) is 28.2. The minimum absolute atomic E-state index is 0.113. The topological polar surface area (TPSA) is 113 Å². The minimum atomic E-state index is -0.437. The Balaban J connectivity index is 0.000000234. The van der Waals surface area contributed by atoms with E-state index in [9.17, 15) is 19.8 Å². The van der Waals surface area contributed by atoms with Crippen LogP contribution in [0.25, 0.3) is 0 Å². The molecule has 0 heterocycles. The lowest BCUT2D eigenvalue weighted by Gasteiger charge is -2.07. The van der Waals surface area contributed by atoms with Gasteiger partial charge in [0.25, 0.3) is 0 Å². The molecule has 0 spiro atoms. The Hall–Kier alpha value is -4.00. The molecule has 7 heteroatoms. The maximum absolute atomic E-state index is 12.1. The number of para-hydroxylation sites is 1. The summed E-state index contributed by atoms with van der Waals surface area (Å²) in [6, 6.07) is 16.6. The van der Waals surface area contributed by atoms with Gasteiger partial charge in [-0.3, -0.25) is 9.59 Å². The lowest BCUT2D eigenvalue weighted by molar-refractivity contribution is -0.131. The highest BCUT2D eigenvalue weighted by molar-refractivity contribution is 6.12. The molecule has 7 nitrogen and oxygen atoms in total. The van der Waals surface area contributed by atoms with Crippen LogP contribution in [0.3, 0.4) is 0 Å². The molecule has 0 fully saturated rings. The molecule has 29 heavy (non-hydrogen) atoms. The summed E-state index contributed by atoms with van der Waals surface area (Å²) in [4.78, 5) is 22.5. The van der Waals surface area contributed by atoms with E-state index in [0.717, 1.165) is 0 Å². The second-order valence-electron chi connectivity index (χ2n) is 5.82. The van der Waals surface area contributed by atoms with E-state index in [-0.39, 0.29) is 34.3 Å². The van der Waals surface area contributed by atoms with Gasteiger partial charge in [0.2, 0.25) is 0 Å². The average Bonchev–Trinajstić information content (AvgIpc) is 2.69. The van der Waals surface area contributed by atoms with Crippen molar-refractivity contribution >= 4 is 11.8 Å². The summed E-state index contributed by atoms with van der Waals surface area (Å²) in [5.41, 5.74) is 0.273. The van der Waals surface area contributed by atoms with Crippen LogP contribution in [0.4, 0.5) is 0 Å². The van der Waals surface area contributed by atoms with Crippen LogP contribution in [0.2, 0.25) is 0 Å². The normalized spacial score (nSPS) is 9.72. The van der Waals surface area contributed by atoms with Crippen molar-refractivity contribution in [3.63, 3.8) is 0 Å². The zero-order chi connectivity index (χ0) is 21.4. The SMILES string of the molecule is CC(=O)Oc1ccc(O)cc1.COc1ccc(C(=O)c2ccccc2O)c(O)c1. The summed E-state index contributed by atoms with van der Waals surface area (Å²) in [6.07, 6.45) is 0. The number of phenolic OH excluding ortho intramolecular Hbond substituents is 3. The van der Waals surface area contributed by atoms with E-state index in [1.165, 1.54) is 62.6 Å². The number of methoxy groups -OCH3 is 1. The molecular weight excluding hydrogens is 376 g/mol. The van der Waals surface area contributed by atoms with E-state index >= 15 is 0 Å². The number of hydrogen-bond acceptors (Lipinski definition) is 7. The molecule has 0 unspecified atom stereocenters. The highest BCUT2D eigenvalue weighted by atomic mass is 16.5. The molecule has 150 valence electrons. The van der Waals surface area contributed by atoms with Gasteiger partial charge in [-0.2, -0.15) is 0 Å². The van der Waals surface area contributed by atoms with Gasteiger partial charge in [0, 0.05) is 13.0 Å². The van der Waals surface area contributed by atoms with Crippen LogP contribution >= 0.6 is 0 Å². The smallest absolute Gasteiger partial charge is 0.308 e. The second-order valence-corrected chi connectivity index (χ2v) is 5.82. The van der Waals surface area contributed by atoms with Gasteiger partial charge in [-0.15, -0.1) is 0 Å². The first-order valence-electron chi connectivity index (χ1n) is 8.49. The molecule has 0 radical (unpaired) electrons. The number of benzene rings is 3. The van der Waals surface area contributed by atoms with E-state index in [4.69, 9.17) is 14.6 Å². The minimum Gasteiger partial charge on any atom is -0.508 e. The number of rotatable bonds is 4. The number of ketones is 1. The first kappa shape index (κ1) is 21.3. The summed E-state index contributed by atoms with van der Waals surface area (Å²) in [6.45, 7) is 1.33. The number of esters is 1. The fourth-order valence-electron chi connectivity index (χ4n) is 2.32. The van der Waals surface area contributed by atoms with Crippen LogP contribution in [0.1, 0.15) is 22.8 Å². The standard InChI is InChI=1S/C14H12O4.C8H8O3/c1-18-9-6-7-11(13(16)8-9)14(17)10-4-2-3-5-12(10)15;1-6(9)11-8-4-2-7(10)3-5-8/h2-8,15-16H,1H3;2-5,10H,1H3. The zero-order valence-electron chi connectivity index (χ0n) is 15.8. The lowest BCUT2D eigenvalue weighted by Crippen LogP contribution is -2.02. The van der Waals surface area contributed by atoms with E-state index in [1.54, 1.807) is 18.2 Å². The summed E-state index contributed by atoms with van der Waals surface area (Å²) in [7, 11) is 1.47. The number of aromatic hydroxyl groups is 3. The fourth-order valence-corrected chi connectivity index (χ4v) is 2.32. The van der Waals surface area contributed by atoms with Crippen LogP contribution in [-0.2, 0) is 4.79 Å². The summed E-state index contributed by atoms with van der Waals surface area (Å²) < 4.78 is 9.66. The number of carbonyl (C=O) groups is 2. The van der Waals surface area contributed by atoms with Crippen molar-refractivity contribution in [2.75, 3.05) is 7.11 Å². The van der Waals surface area contributed by atoms with Crippen molar-refractivity contribution in [3.05, 3.63) is 77.9 Å².